The molecule has 0 amide bonds. The molecule has 1 rings (SSSR count). The molecule has 4 nitrogen and oxygen atoms in total. The summed E-state index contributed by atoms with van der Waals surface area (Å²) in [4.78, 5) is 14.5. The molecule has 2 N–H and O–H groups in total. The minimum Gasteiger partial charge on any atom is -0.383 e. The topological polar surface area (TPSA) is 60.9 Å². The van der Waals surface area contributed by atoms with E-state index in [2.05, 4.69) is 17.6 Å². The van der Waals surface area contributed by atoms with Crippen molar-refractivity contribution in [3.8, 4) is 0 Å². The lowest BCUT2D eigenvalue weighted by molar-refractivity contribution is 0.687. The smallest absolute Gasteiger partial charge is 0.350 e. The van der Waals surface area contributed by atoms with Crippen molar-refractivity contribution in [2.75, 3.05) is 5.73 Å². The van der Waals surface area contributed by atoms with Crippen LogP contribution in [-0.2, 0) is 0 Å². The van der Waals surface area contributed by atoms with Gasteiger partial charge in [0.1, 0.15) is 5.82 Å². The Morgan fingerprint density at radius 1 is 1.82 bits per heavy atom. The summed E-state index contributed by atoms with van der Waals surface area (Å²) in [5, 5.41) is -0.171. The van der Waals surface area contributed by atoms with Crippen molar-refractivity contribution in [3.63, 3.8) is 0 Å². The highest BCUT2D eigenvalue weighted by Crippen LogP contribution is 2.05. The van der Waals surface area contributed by atoms with Crippen LogP contribution in [0.5, 0.6) is 0 Å². The minimum absolute atomic E-state index is 0.171. The van der Waals surface area contributed by atoms with Crippen molar-refractivity contribution in [2.45, 2.75) is 12.3 Å². The number of hydrogen-bond donors (Lipinski definition) is 2. The van der Waals surface area contributed by atoms with Gasteiger partial charge in [-0.25, -0.2) is 4.79 Å². The fourth-order valence-electron chi connectivity index (χ4n) is 0.710. The number of hydrogen-bond acceptors (Lipinski definition) is 4. The number of nitrogens with zero attached hydrogens (tertiary/aromatic N) is 2. The predicted octanol–water partition coefficient (Wildman–Crippen LogP) is 0.274. The van der Waals surface area contributed by atoms with Crippen molar-refractivity contribution < 1.29 is 0 Å². The summed E-state index contributed by atoms with van der Waals surface area (Å²) >= 11 is 4.07. The van der Waals surface area contributed by atoms with E-state index in [1.54, 1.807) is 19.2 Å². The standard InChI is InChI=1S/C6H9N3OS/c1-4(11)9-3-2-5(7)8-6(9)10/h2-4,11H,1H3,(H2,7,8,10). The minimum atomic E-state index is -0.368. The number of rotatable bonds is 1. The Morgan fingerprint density at radius 3 is 2.91 bits per heavy atom. The molecule has 0 fully saturated rings. The first-order chi connectivity index (χ1) is 5.11. The van der Waals surface area contributed by atoms with Crippen LogP contribution < -0.4 is 11.4 Å². The fourth-order valence-corrected chi connectivity index (χ4v) is 0.886. The maximum atomic E-state index is 11.0. The van der Waals surface area contributed by atoms with Crippen LogP contribution in [0.3, 0.4) is 0 Å². The van der Waals surface area contributed by atoms with E-state index in [0.29, 0.717) is 0 Å². The van der Waals surface area contributed by atoms with Gasteiger partial charge in [0.25, 0.3) is 0 Å². The molecule has 1 aromatic rings. The van der Waals surface area contributed by atoms with Crippen LogP contribution in [0.2, 0.25) is 0 Å². The zero-order valence-corrected chi connectivity index (χ0v) is 6.95. The van der Waals surface area contributed by atoms with Gasteiger partial charge >= 0.3 is 5.69 Å². The van der Waals surface area contributed by atoms with Crippen LogP contribution >= 0.6 is 12.6 Å². The first kappa shape index (κ1) is 8.13. The molecule has 5 heteroatoms. The van der Waals surface area contributed by atoms with Crippen LogP contribution in [0.1, 0.15) is 12.3 Å². The summed E-state index contributed by atoms with van der Waals surface area (Å²) in [5.74, 6) is 0.236. The van der Waals surface area contributed by atoms with E-state index in [9.17, 15) is 4.79 Å². The third-order valence-corrected chi connectivity index (χ3v) is 1.50. The second-order valence-corrected chi connectivity index (χ2v) is 2.92. The van der Waals surface area contributed by atoms with Gasteiger partial charge in [-0.1, -0.05) is 0 Å². The first-order valence-corrected chi connectivity index (χ1v) is 3.65. The van der Waals surface area contributed by atoms with Gasteiger partial charge in [-0.3, -0.25) is 4.57 Å². The molecule has 0 saturated heterocycles. The van der Waals surface area contributed by atoms with Crippen LogP contribution in [0.25, 0.3) is 0 Å². The van der Waals surface area contributed by atoms with Crippen LogP contribution in [0.15, 0.2) is 17.1 Å². The molecule has 1 heterocycles. The van der Waals surface area contributed by atoms with E-state index in [-0.39, 0.29) is 16.9 Å². The predicted molar refractivity (Wildman–Crippen MR) is 46.6 cm³/mol. The molecule has 1 unspecified atom stereocenters. The van der Waals surface area contributed by atoms with Crippen LogP contribution in [0.4, 0.5) is 5.82 Å². The van der Waals surface area contributed by atoms with Crippen molar-refractivity contribution in [3.05, 3.63) is 22.7 Å². The van der Waals surface area contributed by atoms with Crippen molar-refractivity contribution in [2.24, 2.45) is 0 Å². The highest BCUT2D eigenvalue weighted by molar-refractivity contribution is 7.80. The molecule has 0 spiro atoms. The monoisotopic (exact) mass is 171 g/mol. The average Bonchev–Trinajstić information content (AvgIpc) is 1.85. The first-order valence-electron chi connectivity index (χ1n) is 3.14. The molecule has 0 aliphatic rings. The van der Waals surface area contributed by atoms with Gasteiger partial charge in [0.05, 0.1) is 5.37 Å². The van der Waals surface area contributed by atoms with Gasteiger partial charge in [-0.05, 0) is 13.0 Å². The van der Waals surface area contributed by atoms with E-state index in [0.717, 1.165) is 0 Å². The van der Waals surface area contributed by atoms with Crippen LogP contribution in [0, 0.1) is 0 Å². The van der Waals surface area contributed by atoms with Crippen molar-refractivity contribution in [1.29, 1.82) is 0 Å². The molecule has 1 atom stereocenters. The van der Waals surface area contributed by atoms with Crippen LogP contribution in [-0.4, -0.2) is 9.55 Å². The molecule has 0 aliphatic carbocycles. The molecule has 0 aliphatic heterocycles. The Balaban J connectivity index is 3.21. The lowest BCUT2D eigenvalue weighted by atomic mass is 10.5. The molecule has 1 aromatic heterocycles. The van der Waals surface area contributed by atoms with Gasteiger partial charge in [0.2, 0.25) is 0 Å². The maximum absolute atomic E-state index is 11.0. The quantitative estimate of drug-likeness (QED) is 0.596. The summed E-state index contributed by atoms with van der Waals surface area (Å²) in [7, 11) is 0. The van der Waals surface area contributed by atoms with E-state index >= 15 is 0 Å². The van der Waals surface area contributed by atoms with Gasteiger partial charge in [0.15, 0.2) is 0 Å². The van der Waals surface area contributed by atoms with Gasteiger partial charge in [-0.15, -0.1) is 0 Å². The number of anilines is 1. The molecule has 11 heavy (non-hydrogen) atoms. The largest absolute Gasteiger partial charge is 0.383 e. The molecular weight excluding hydrogens is 162 g/mol. The Bertz CT molecular complexity index is 307. The van der Waals surface area contributed by atoms with Gasteiger partial charge in [-0.2, -0.15) is 17.6 Å². The SMILES string of the molecule is CC(S)n1ccc(N)nc1=O. The molecule has 0 bridgehead atoms. The zero-order chi connectivity index (χ0) is 8.43. The van der Waals surface area contributed by atoms with E-state index in [4.69, 9.17) is 5.73 Å². The Kier molecular flexibility index (Phi) is 2.19. The highest BCUT2D eigenvalue weighted by atomic mass is 32.1. The Morgan fingerprint density at radius 2 is 2.45 bits per heavy atom. The summed E-state index contributed by atoms with van der Waals surface area (Å²) in [6.45, 7) is 1.78. The second kappa shape index (κ2) is 2.96. The molecule has 0 aromatic carbocycles. The number of nitrogen functional groups attached to an aromatic ring is 1. The van der Waals surface area contributed by atoms with E-state index in [1.807, 2.05) is 0 Å². The summed E-state index contributed by atoms with van der Waals surface area (Å²) in [5.41, 5.74) is 4.91. The molecular formula is C6H9N3OS. The van der Waals surface area contributed by atoms with Gasteiger partial charge < -0.3 is 5.73 Å². The average molecular weight is 171 g/mol. The third-order valence-electron chi connectivity index (χ3n) is 1.25. The Labute approximate surface area is 69.5 Å². The molecule has 0 radical (unpaired) electrons. The third kappa shape index (κ3) is 1.74. The number of nitrogens with two attached hydrogens (primary N) is 1. The number of thiol groups is 1. The zero-order valence-electron chi connectivity index (χ0n) is 6.06. The van der Waals surface area contributed by atoms with E-state index < -0.39 is 0 Å². The van der Waals surface area contributed by atoms with Gasteiger partial charge in [0, 0.05) is 6.20 Å². The van der Waals surface area contributed by atoms with Crippen molar-refractivity contribution in [1.82, 2.24) is 9.55 Å². The summed E-state index contributed by atoms with van der Waals surface area (Å²) < 4.78 is 1.39. The Hall–Kier alpha value is -0.970. The highest BCUT2D eigenvalue weighted by Gasteiger charge is 2.00. The lowest BCUT2D eigenvalue weighted by Gasteiger charge is -2.06. The molecule has 0 saturated carbocycles. The second-order valence-electron chi connectivity index (χ2n) is 2.17. The lowest BCUT2D eigenvalue weighted by Crippen LogP contribution is -2.23. The van der Waals surface area contributed by atoms with Crippen molar-refractivity contribution >= 4 is 18.4 Å². The van der Waals surface area contributed by atoms with E-state index in [1.165, 1.54) is 4.57 Å². The summed E-state index contributed by atoms with van der Waals surface area (Å²) in [6.07, 6.45) is 1.57. The fraction of sp³-hybridized carbons (Fsp3) is 0.333. The normalized spacial score (nSPS) is 12.9. The number of aromatic nitrogens is 2. The summed E-state index contributed by atoms with van der Waals surface area (Å²) in [6, 6.07) is 1.56. The maximum Gasteiger partial charge on any atom is 0.350 e. The molecule has 60 valence electrons.